The van der Waals surface area contributed by atoms with Gasteiger partial charge in [0.2, 0.25) is 0 Å². The molecule has 1 heterocycles. The highest BCUT2D eigenvalue weighted by atomic mass is 35.5. The number of nitrogens with zero attached hydrogens (tertiary/aromatic N) is 2. The predicted molar refractivity (Wildman–Crippen MR) is 88.6 cm³/mol. The largest absolute Gasteiger partial charge is 0.481 e. The van der Waals surface area contributed by atoms with E-state index in [2.05, 4.69) is 15.8 Å². The molecule has 1 aromatic carbocycles. The van der Waals surface area contributed by atoms with Crippen molar-refractivity contribution in [1.29, 1.82) is 0 Å². The molecule has 0 atom stereocenters. The van der Waals surface area contributed by atoms with Crippen molar-refractivity contribution in [3.8, 4) is 0 Å². The first-order valence-electron chi connectivity index (χ1n) is 6.58. The van der Waals surface area contributed by atoms with Crippen LogP contribution in [0.1, 0.15) is 12.8 Å². The molecule has 0 spiro atoms. The summed E-state index contributed by atoms with van der Waals surface area (Å²) in [5.41, 5.74) is 1.85. The maximum absolute atomic E-state index is 10.8. The van der Waals surface area contributed by atoms with E-state index in [1.807, 2.05) is 30.0 Å². The van der Waals surface area contributed by atoms with Gasteiger partial charge in [0.1, 0.15) is 0 Å². The number of halogens is 1. The minimum Gasteiger partial charge on any atom is -0.481 e. The topological polar surface area (TPSA) is 55.1 Å². The van der Waals surface area contributed by atoms with Crippen LogP contribution in [0.25, 0.3) is 11.0 Å². The number of carboxylic acid groups (broad SMARTS) is 1. The van der Waals surface area contributed by atoms with Crippen LogP contribution in [0.4, 0.5) is 0 Å². The van der Waals surface area contributed by atoms with Gasteiger partial charge in [0.05, 0.1) is 16.8 Å². The van der Waals surface area contributed by atoms with Crippen molar-refractivity contribution >= 4 is 52.1 Å². The first-order valence-corrected chi connectivity index (χ1v) is 9.17. The van der Waals surface area contributed by atoms with Gasteiger partial charge in [-0.1, -0.05) is 23.4 Å². The monoisotopic (exact) mass is 342 g/mol. The van der Waals surface area contributed by atoms with E-state index < -0.39 is 5.97 Å². The van der Waals surface area contributed by atoms with Crippen LogP contribution in [0, 0.1) is 0 Å². The molecule has 1 N–H and O–H groups in total. The Balaban J connectivity index is 2.00. The summed E-state index contributed by atoms with van der Waals surface area (Å²) < 4.78 is 2.43. The van der Waals surface area contributed by atoms with Crippen LogP contribution in [-0.2, 0) is 11.3 Å². The second kappa shape index (κ2) is 5.74. The van der Waals surface area contributed by atoms with E-state index in [0.717, 1.165) is 22.7 Å². The SMILES string of the molecule is CSC1(Cn2c(SCC(=O)O)nc3cc(Cl)ccc32)CC1. The zero-order valence-electron chi connectivity index (χ0n) is 11.5. The second-order valence-electron chi connectivity index (χ2n) is 5.18. The summed E-state index contributed by atoms with van der Waals surface area (Å²) in [5, 5.41) is 10.3. The van der Waals surface area contributed by atoms with E-state index in [0.29, 0.717) is 5.02 Å². The highest BCUT2D eigenvalue weighted by Gasteiger charge is 2.42. The van der Waals surface area contributed by atoms with Crippen molar-refractivity contribution in [2.45, 2.75) is 29.3 Å². The van der Waals surface area contributed by atoms with Crippen molar-refractivity contribution in [1.82, 2.24) is 9.55 Å². The average Bonchev–Trinajstić information content (AvgIpc) is 3.14. The molecule has 1 aliphatic rings. The molecule has 1 aliphatic carbocycles. The van der Waals surface area contributed by atoms with Gasteiger partial charge in [-0.3, -0.25) is 4.79 Å². The van der Waals surface area contributed by atoms with E-state index in [1.54, 1.807) is 0 Å². The van der Waals surface area contributed by atoms with Crippen LogP contribution in [0.3, 0.4) is 0 Å². The first-order chi connectivity index (χ1) is 10.0. The predicted octanol–water partition coefficient (Wildman–Crippen LogP) is 3.76. The summed E-state index contributed by atoms with van der Waals surface area (Å²) >= 11 is 9.17. The summed E-state index contributed by atoms with van der Waals surface area (Å²) in [7, 11) is 0. The van der Waals surface area contributed by atoms with Crippen LogP contribution in [0.5, 0.6) is 0 Å². The van der Waals surface area contributed by atoms with E-state index in [-0.39, 0.29) is 10.5 Å². The van der Waals surface area contributed by atoms with Crippen LogP contribution in [0.15, 0.2) is 23.4 Å². The van der Waals surface area contributed by atoms with Gasteiger partial charge in [0, 0.05) is 16.3 Å². The standard InChI is InChI=1S/C14H15ClN2O2S2/c1-20-14(4-5-14)8-17-11-3-2-9(15)6-10(11)16-13(17)21-7-12(18)19/h2-3,6H,4-5,7-8H2,1H3,(H,18,19). The number of fused-ring (bicyclic) bond motifs is 1. The molecule has 7 heteroatoms. The maximum atomic E-state index is 10.8. The maximum Gasteiger partial charge on any atom is 0.313 e. The van der Waals surface area contributed by atoms with Crippen molar-refractivity contribution in [2.24, 2.45) is 0 Å². The Hall–Kier alpha value is -0.850. The molecule has 0 bridgehead atoms. The fraction of sp³-hybridized carbons (Fsp3) is 0.429. The molecule has 0 radical (unpaired) electrons. The van der Waals surface area contributed by atoms with Gasteiger partial charge in [-0.25, -0.2) is 4.98 Å². The molecule has 2 aromatic rings. The Labute approximate surface area is 136 Å². The summed E-state index contributed by atoms with van der Waals surface area (Å²) in [6.45, 7) is 0.869. The lowest BCUT2D eigenvalue weighted by Gasteiger charge is -2.15. The minimum atomic E-state index is -0.831. The van der Waals surface area contributed by atoms with Gasteiger partial charge in [0.25, 0.3) is 0 Å². The molecule has 21 heavy (non-hydrogen) atoms. The fourth-order valence-electron chi connectivity index (χ4n) is 2.32. The van der Waals surface area contributed by atoms with Gasteiger partial charge < -0.3 is 9.67 Å². The number of thioether (sulfide) groups is 2. The second-order valence-corrected chi connectivity index (χ2v) is 7.84. The zero-order valence-corrected chi connectivity index (χ0v) is 13.9. The van der Waals surface area contributed by atoms with E-state index in [9.17, 15) is 4.79 Å². The van der Waals surface area contributed by atoms with Crippen LogP contribution in [0.2, 0.25) is 5.02 Å². The van der Waals surface area contributed by atoms with Crippen molar-refractivity contribution in [2.75, 3.05) is 12.0 Å². The molecule has 1 aromatic heterocycles. The summed E-state index contributed by atoms with van der Waals surface area (Å²) in [6, 6.07) is 5.65. The van der Waals surface area contributed by atoms with E-state index in [1.165, 1.54) is 24.6 Å². The Bertz CT molecular complexity index is 698. The van der Waals surface area contributed by atoms with Crippen LogP contribution >= 0.6 is 35.1 Å². The molecule has 112 valence electrons. The number of rotatable bonds is 6. The van der Waals surface area contributed by atoms with Crippen LogP contribution in [-0.4, -0.2) is 37.4 Å². The molecule has 4 nitrogen and oxygen atoms in total. The molecule has 0 unspecified atom stereocenters. The first kappa shape index (κ1) is 15.1. The minimum absolute atomic E-state index is 0.0172. The third-order valence-electron chi connectivity index (χ3n) is 3.69. The zero-order chi connectivity index (χ0) is 15.0. The Morgan fingerprint density at radius 3 is 2.90 bits per heavy atom. The third-order valence-corrected chi connectivity index (χ3v) is 6.29. The highest BCUT2D eigenvalue weighted by Crippen LogP contribution is 2.49. The highest BCUT2D eigenvalue weighted by molar-refractivity contribution is 8.00. The Morgan fingerprint density at radius 2 is 2.29 bits per heavy atom. The normalized spacial score (nSPS) is 16.3. The third kappa shape index (κ3) is 3.17. The number of imidazole rings is 1. The van der Waals surface area contributed by atoms with E-state index >= 15 is 0 Å². The van der Waals surface area contributed by atoms with Crippen molar-refractivity contribution in [3.63, 3.8) is 0 Å². The molecular weight excluding hydrogens is 328 g/mol. The van der Waals surface area contributed by atoms with Gasteiger partial charge in [-0.15, -0.1) is 0 Å². The fourth-order valence-corrected chi connectivity index (χ4v) is 3.99. The van der Waals surface area contributed by atoms with Crippen molar-refractivity contribution < 1.29 is 9.90 Å². The van der Waals surface area contributed by atoms with Gasteiger partial charge in [-0.2, -0.15) is 11.8 Å². The number of hydrogen-bond acceptors (Lipinski definition) is 4. The Morgan fingerprint density at radius 1 is 1.52 bits per heavy atom. The number of hydrogen-bond donors (Lipinski definition) is 1. The molecule has 0 amide bonds. The smallest absolute Gasteiger partial charge is 0.313 e. The average molecular weight is 343 g/mol. The summed E-state index contributed by atoms with van der Waals surface area (Å²) in [5.74, 6) is -0.814. The molecule has 1 fully saturated rings. The van der Waals surface area contributed by atoms with Gasteiger partial charge in [0.15, 0.2) is 5.16 Å². The molecule has 3 rings (SSSR count). The summed E-state index contributed by atoms with van der Waals surface area (Å²) in [6.07, 6.45) is 4.53. The molecule has 0 aliphatic heterocycles. The van der Waals surface area contributed by atoms with E-state index in [4.69, 9.17) is 16.7 Å². The number of benzene rings is 1. The summed E-state index contributed by atoms with van der Waals surface area (Å²) in [4.78, 5) is 15.4. The molecule has 0 saturated heterocycles. The molecular formula is C14H15ClN2O2S2. The molecule has 1 saturated carbocycles. The Kier molecular flexibility index (Phi) is 4.12. The van der Waals surface area contributed by atoms with Gasteiger partial charge in [-0.05, 0) is 37.3 Å². The van der Waals surface area contributed by atoms with Crippen LogP contribution < -0.4 is 0 Å². The van der Waals surface area contributed by atoms with Crippen molar-refractivity contribution in [3.05, 3.63) is 23.2 Å². The van der Waals surface area contributed by atoms with Gasteiger partial charge >= 0.3 is 5.97 Å². The number of carbonyl (C=O) groups is 1. The number of aliphatic carboxylic acids is 1. The lowest BCUT2D eigenvalue weighted by molar-refractivity contribution is -0.133. The lowest BCUT2D eigenvalue weighted by Crippen LogP contribution is -2.14. The number of carboxylic acids is 1. The lowest BCUT2D eigenvalue weighted by atomic mass is 10.3. The number of aromatic nitrogens is 2. The quantitative estimate of drug-likeness (QED) is 0.810.